The lowest BCUT2D eigenvalue weighted by molar-refractivity contribution is 0.321. The maximum absolute atomic E-state index is 13.8. The molecule has 0 atom stereocenters. The minimum absolute atomic E-state index is 0.0115. The molecule has 0 aromatic heterocycles. The van der Waals surface area contributed by atoms with Crippen LogP contribution in [0, 0.1) is 12.7 Å². The highest BCUT2D eigenvalue weighted by Crippen LogP contribution is 2.25. The van der Waals surface area contributed by atoms with Gasteiger partial charge in [0, 0.05) is 11.1 Å². The molecule has 2 aromatic rings. The predicted octanol–water partition coefficient (Wildman–Crippen LogP) is 3.99. The van der Waals surface area contributed by atoms with Gasteiger partial charge in [-0.05, 0) is 43.7 Å². The Kier molecular flexibility index (Phi) is 4.93. The molecule has 0 unspecified atom stereocenters. The van der Waals surface area contributed by atoms with Crippen LogP contribution >= 0.6 is 11.6 Å². The molecule has 0 heterocycles. The Balaban J connectivity index is 2.28. The van der Waals surface area contributed by atoms with Crippen molar-refractivity contribution in [2.24, 2.45) is 0 Å². The van der Waals surface area contributed by atoms with E-state index in [4.69, 9.17) is 16.3 Å². The van der Waals surface area contributed by atoms with E-state index in [1.807, 2.05) is 0 Å². The minimum Gasteiger partial charge on any atom is -0.491 e. The summed E-state index contributed by atoms with van der Waals surface area (Å²) in [5.74, 6) is -0.562. The van der Waals surface area contributed by atoms with Crippen LogP contribution in [0.1, 0.15) is 12.5 Å². The molecule has 0 aliphatic heterocycles. The molecule has 0 spiro atoms. The number of sulfonamides is 1. The second-order valence-electron chi connectivity index (χ2n) is 4.59. The lowest BCUT2D eigenvalue weighted by Crippen LogP contribution is -2.13. The molecule has 0 saturated heterocycles. The van der Waals surface area contributed by atoms with Gasteiger partial charge in [0.15, 0.2) is 11.6 Å². The van der Waals surface area contributed by atoms with Crippen LogP contribution in [0.4, 0.5) is 10.1 Å². The Hall–Kier alpha value is -1.79. The summed E-state index contributed by atoms with van der Waals surface area (Å²) in [5.41, 5.74) is 0.880. The van der Waals surface area contributed by atoms with Crippen molar-refractivity contribution >= 4 is 27.3 Å². The number of hydrogen-bond acceptors (Lipinski definition) is 3. The lowest BCUT2D eigenvalue weighted by Gasteiger charge is -2.11. The molecule has 7 heteroatoms. The lowest BCUT2D eigenvalue weighted by atomic mass is 10.2. The molecule has 0 radical (unpaired) electrons. The molecule has 0 saturated carbocycles. The number of benzene rings is 2. The van der Waals surface area contributed by atoms with Gasteiger partial charge in [-0.2, -0.15) is 0 Å². The minimum atomic E-state index is -3.84. The van der Waals surface area contributed by atoms with E-state index in [-0.39, 0.29) is 16.3 Å². The summed E-state index contributed by atoms with van der Waals surface area (Å²) in [5, 5.41) is 0.348. The normalized spacial score (nSPS) is 11.3. The van der Waals surface area contributed by atoms with Gasteiger partial charge in [0.05, 0.1) is 17.2 Å². The second kappa shape index (κ2) is 6.54. The van der Waals surface area contributed by atoms with Crippen LogP contribution in [0.25, 0.3) is 0 Å². The molecule has 22 heavy (non-hydrogen) atoms. The van der Waals surface area contributed by atoms with Crippen molar-refractivity contribution in [3.63, 3.8) is 0 Å². The fourth-order valence-electron chi connectivity index (χ4n) is 1.79. The molecule has 0 bridgehead atoms. The number of halogens is 2. The Morgan fingerprint density at radius 2 is 1.95 bits per heavy atom. The van der Waals surface area contributed by atoms with E-state index in [0.29, 0.717) is 11.6 Å². The zero-order chi connectivity index (χ0) is 16.3. The van der Waals surface area contributed by atoms with Crippen LogP contribution in [0.3, 0.4) is 0 Å². The molecular formula is C15H15ClFNO3S. The number of aryl methyl sites for hydroxylation is 1. The van der Waals surface area contributed by atoms with Crippen LogP contribution in [-0.2, 0) is 10.0 Å². The monoisotopic (exact) mass is 343 g/mol. The van der Waals surface area contributed by atoms with Gasteiger partial charge in [-0.3, -0.25) is 4.72 Å². The Bertz CT molecular complexity index is 793. The van der Waals surface area contributed by atoms with Gasteiger partial charge in [0.1, 0.15) is 0 Å². The summed E-state index contributed by atoms with van der Waals surface area (Å²) in [6.45, 7) is 3.83. The molecule has 2 rings (SSSR count). The average molecular weight is 344 g/mol. The molecule has 0 fully saturated rings. The number of anilines is 1. The third kappa shape index (κ3) is 3.69. The molecular weight excluding hydrogens is 329 g/mol. The molecule has 0 amide bonds. The molecule has 0 aliphatic carbocycles. The summed E-state index contributed by atoms with van der Waals surface area (Å²) < 4.78 is 45.7. The van der Waals surface area contributed by atoms with Gasteiger partial charge in [-0.1, -0.05) is 17.7 Å². The zero-order valence-corrected chi connectivity index (χ0v) is 13.6. The third-order valence-corrected chi connectivity index (χ3v) is 4.72. The highest BCUT2D eigenvalue weighted by molar-refractivity contribution is 7.92. The number of nitrogens with one attached hydrogen (secondary N) is 1. The van der Waals surface area contributed by atoms with E-state index in [9.17, 15) is 12.8 Å². The largest absolute Gasteiger partial charge is 0.491 e. The fraction of sp³-hybridized carbons (Fsp3) is 0.200. The summed E-state index contributed by atoms with van der Waals surface area (Å²) in [4.78, 5) is 0.0115. The van der Waals surface area contributed by atoms with Gasteiger partial charge < -0.3 is 4.74 Å². The van der Waals surface area contributed by atoms with Crippen molar-refractivity contribution in [1.29, 1.82) is 0 Å². The van der Waals surface area contributed by atoms with E-state index < -0.39 is 15.8 Å². The number of hydrogen-bond donors (Lipinski definition) is 1. The maximum atomic E-state index is 13.8. The molecule has 118 valence electrons. The van der Waals surface area contributed by atoms with Crippen LogP contribution in [0.5, 0.6) is 5.75 Å². The maximum Gasteiger partial charge on any atom is 0.261 e. The van der Waals surface area contributed by atoms with Gasteiger partial charge in [-0.25, -0.2) is 12.8 Å². The van der Waals surface area contributed by atoms with E-state index in [1.54, 1.807) is 19.9 Å². The molecule has 1 N–H and O–H groups in total. The summed E-state index contributed by atoms with van der Waals surface area (Å²) in [7, 11) is -3.84. The van der Waals surface area contributed by atoms with Crippen LogP contribution in [0.15, 0.2) is 41.3 Å². The van der Waals surface area contributed by atoms with E-state index >= 15 is 0 Å². The van der Waals surface area contributed by atoms with Crippen molar-refractivity contribution in [3.8, 4) is 5.75 Å². The summed E-state index contributed by atoms with van der Waals surface area (Å²) in [6.07, 6.45) is 0. The average Bonchev–Trinajstić information content (AvgIpc) is 2.44. The van der Waals surface area contributed by atoms with Crippen molar-refractivity contribution in [3.05, 3.63) is 52.8 Å². The number of ether oxygens (including phenoxy) is 1. The van der Waals surface area contributed by atoms with Crippen molar-refractivity contribution < 1.29 is 17.5 Å². The second-order valence-corrected chi connectivity index (χ2v) is 6.68. The summed E-state index contributed by atoms with van der Waals surface area (Å²) in [6, 6.07) is 8.27. The smallest absolute Gasteiger partial charge is 0.261 e. The Morgan fingerprint density at radius 1 is 1.23 bits per heavy atom. The first-order valence-corrected chi connectivity index (χ1v) is 8.41. The van der Waals surface area contributed by atoms with Gasteiger partial charge in [-0.15, -0.1) is 0 Å². The topological polar surface area (TPSA) is 55.4 Å². The Morgan fingerprint density at radius 3 is 2.55 bits per heavy atom. The molecule has 0 aliphatic rings. The van der Waals surface area contributed by atoms with E-state index in [0.717, 1.165) is 11.6 Å². The van der Waals surface area contributed by atoms with Crippen molar-refractivity contribution in [2.45, 2.75) is 18.7 Å². The van der Waals surface area contributed by atoms with Crippen LogP contribution in [-0.4, -0.2) is 15.0 Å². The third-order valence-electron chi connectivity index (χ3n) is 2.94. The van der Waals surface area contributed by atoms with Gasteiger partial charge in [0.25, 0.3) is 10.0 Å². The van der Waals surface area contributed by atoms with Crippen LogP contribution < -0.4 is 9.46 Å². The van der Waals surface area contributed by atoms with Gasteiger partial charge >= 0.3 is 0 Å². The molecule has 2 aromatic carbocycles. The quantitative estimate of drug-likeness (QED) is 0.893. The van der Waals surface area contributed by atoms with Gasteiger partial charge in [0.2, 0.25) is 0 Å². The van der Waals surface area contributed by atoms with Crippen LogP contribution in [0.2, 0.25) is 5.02 Å². The number of rotatable bonds is 5. The molecule has 4 nitrogen and oxygen atoms in total. The SMILES string of the molecule is CCOc1ccc(NS(=O)(=O)c2ccc(C)c(Cl)c2)cc1F. The fourth-order valence-corrected chi connectivity index (χ4v) is 3.11. The first kappa shape index (κ1) is 16.6. The first-order chi connectivity index (χ1) is 10.3. The zero-order valence-electron chi connectivity index (χ0n) is 12.1. The highest BCUT2D eigenvalue weighted by Gasteiger charge is 2.16. The summed E-state index contributed by atoms with van der Waals surface area (Å²) >= 11 is 5.93. The van der Waals surface area contributed by atoms with E-state index in [1.165, 1.54) is 24.3 Å². The Labute approximate surface area is 133 Å². The van der Waals surface area contributed by atoms with Crippen molar-refractivity contribution in [1.82, 2.24) is 0 Å². The predicted molar refractivity (Wildman–Crippen MR) is 84.6 cm³/mol. The van der Waals surface area contributed by atoms with E-state index in [2.05, 4.69) is 4.72 Å². The highest BCUT2D eigenvalue weighted by atomic mass is 35.5. The standard InChI is InChI=1S/C15H15ClFNO3S/c1-3-21-15-7-5-11(8-14(15)17)18-22(19,20)12-6-4-10(2)13(16)9-12/h4-9,18H,3H2,1-2H3. The van der Waals surface area contributed by atoms with Crippen molar-refractivity contribution in [2.75, 3.05) is 11.3 Å². The first-order valence-electron chi connectivity index (χ1n) is 6.55.